The molecular weight excluding hydrogens is 212 g/mol. The molecule has 0 saturated heterocycles. The molecule has 0 spiro atoms. The smallest absolute Gasteiger partial charge is 0.181 e. The van der Waals surface area contributed by atoms with Gasteiger partial charge in [-0.25, -0.2) is 4.98 Å². The minimum absolute atomic E-state index is 0.360. The van der Waals surface area contributed by atoms with Crippen molar-refractivity contribution in [3.05, 3.63) is 17.8 Å². The Morgan fingerprint density at radius 1 is 1.53 bits per heavy atom. The van der Waals surface area contributed by atoms with Crippen LogP contribution in [-0.4, -0.2) is 11.5 Å². The molecule has 1 heterocycles. The Kier molecular flexibility index (Phi) is 3.87. The highest BCUT2D eigenvalue weighted by atomic mass is 16.3. The molecule has 0 aliphatic heterocycles. The lowest BCUT2D eigenvalue weighted by Crippen LogP contribution is -2.19. The molecule has 96 valence electrons. The van der Waals surface area contributed by atoms with Gasteiger partial charge in [0.05, 0.1) is 5.69 Å². The van der Waals surface area contributed by atoms with E-state index in [1.165, 1.54) is 19.3 Å². The van der Waals surface area contributed by atoms with Crippen LogP contribution in [-0.2, 0) is 6.54 Å². The van der Waals surface area contributed by atoms with Gasteiger partial charge in [-0.1, -0.05) is 27.2 Å². The average molecular weight is 236 g/mol. The predicted octanol–water partition coefficient (Wildman–Crippen LogP) is 3.47. The van der Waals surface area contributed by atoms with Crippen LogP contribution < -0.4 is 5.32 Å². The van der Waals surface area contributed by atoms with Crippen molar-refractivity contribution in [2.24, 2.45) is 5.41 Å². The van der Waals surface area contributed by atoms with Crippen molar-refractivity contribution in [3.63, 3.8) is 0 Å². The number of nitrogens with one attached hydrogen (secondary N) is 1. The largest absolute Gasteiger partial charge is 0.448 e. The van der Waals surface area contributed by atoms with E-state index in [1.54, 1.807) is 6.39 Å². The summed E-state index contributed by atoms with van der Waals surface area (Å²) in [6.45, 7) is 8.75. The molecule has 3 nitrogen and oxygen atoms in total. The zero-order chi connectivity index (χ0) is 12.3. The van der Waals surface area contributed by atoms with Crippen molar-refractivity contribution >= 4 is 0 Å². The van der Waals surface area contributed by atoms with Crippen LogP contribution in [0.2, 0.25) is 0 Å². The van der Waals surface area contributed by atoms with Crippen molar-refractivity contribution in [1.82, 2.24) is 10.3 Å². The number of rotatable bonds is 5. The third-order valence-corrected chi connectivity index (χ3v) is 3.97. The first-order chi connectivity index (χ1) is 8.15. The highest BCUT2D eigenvalue weighted by Crippen LogP contribution is 2.49. The van der Waals surface area contributed by atoms with E-state index in [-0.39, 0.29) is 0 Å². The van der Waals surface area contributed by atoms with Crippen LogP contribution in [0.15, 0.2) is 10.8 Å². The summed E-state index contributed by atoms with van der Waals surface area (Å²) in [5, 5.41) is 3.41. The van der Waals surface area contributed by atoms with Crippen molar-refractivity contribution in [2.75, 3.05) is 6.54 Å². The minimum atomic E-state index is 0.360. The van der Waals surface area contributed by atoms with Crippen LogP contribution in [0.1, 0.15) is 63.8 Å². The summed E-state index contributed by atoms with van der Waals surface area (Å²) in [7, 11) is 0. The fraction of sp³-hybridized carbons (Fsp3) is 0.786. The SMILES string of the molecule is CCCNCc1ncoc1C1CCCC1(C)C. The molecule has 2 rings (SSSR count). The summed E-state index contributed by atoms with van der Waals surface area (Å²) in [6.07, 6.45) is 6.60. The topological polar surface area (TPSA) is 38.1 Å². The number of nitrogens with zero attached hydrogens (tertiary/aromatic N) is 1. The molecule has 0 radical (unpaired) electrons. The van der Waals surface area contributed by atoms with Gasteiger partial charge in [0.2, 0.25) is 0 Å². The second-order valence-electron chi connectivity index (χ2n) is 5.77. The maximum atomic E-state index is 5.66. The predicted molar refractivity (Wildman–Crippen MR) is 68.9 cm³/mol. The van der Waals surface area contributed by atoms with E-state index >= 15 is 0 Å². The number of hydrogen-bond donors (Lipinski definition) is 1. The second kappa shape index (κ2) is 5.21. The molecule has 1 aliphatic rings. The minimum Gasteiger partial charge on any atom is -0.448 e. The van der Waals surface area contributed by atoms with Crippen molar-refractivity contribution in [2.45, 2.75) is 58.9 Å². The highest BCUT2D eigenvalue weighted by Gasteiger charge is 2.38. The average Bonchev–Trinajstić information content (AvgIpc) is 2.84. The summed E-state index contributed by atoms with van der Waals surface area (Å²) in [5.41, 5.74) is 1.47. The lowest BCUT2D eigenvalue weighted by Gasteiger charge is -2.25. The first-order valence-corrected chi connectivity index (χ1v) is 6.78. The third-order valence-electron chi connectivity index (χ3n) is 3.97. The first kappa shape index (κ1) is 12.6. The van der Waals surface area contributed by atoms with E-state index in [9.17, 15) is 0 Å². The molecule has 1 unspecified atom stereocenters. The van der Waals surface area contributed by atoms with Gasteiger partial charge in [-0.15, -0.1) is 0 Å². The Morgan fingerprint density at radius 2 is 2.35 bits per heavy atom. The van der Waals surface area contributed by atoms with Crippen LogP contribution >= 0.6 is 0 Å². The summed E-state index contributed by atoms with van der Waals surface area (Å²) in [6, 6.07) is 0. The second-order valence-corrected chi connectivity index (χ2v) is 5.77. The van der Waals surface area contributed by atoms with Gasteiger partial charge in [-0.2, -0.15) is 0 Å². The molecule has 0 bridgehead atoms. The van der Waals surface area contributed by atoms with Crippen molar-refractivity contribution in [3.8, 4) is 0 Å². The molecule has 1 atom stereocenters. The molecular formula is C14H24N2O. The van der Waals surface area contributed by atoms with Gasteiger partial charge in [0.1, 0.15) is 5.76 Å². The van der Waals surface area contributed by atoms with E-state index in [4.69, 9.17) is 4.42 Å². The monoisotopic (exact) mass is 236 g/mol. The summed E-state index contributed by atoms with van der Waals surface area (Å²) in [5.74, 6) is 1.67. The summed E-state index contributed by atoms with van der Waals surface area (Å²) < 4.78 is 5.66. The molecule has 1 N–H and O–H groups in total. The lowest BCUT2D eigenvalue weighted by atomic mass is 9.80. The third kappa shape index (κ3) is 2.71. The Hall–Kier alpha value is -0.830. The van der Waals surface area contributed by atoms with Gasteiger partial charge in [0, 0.05) is 12.5 Å². The van der Waals surface area contributed by atoms with Crippen molar-refractivity contribution < 1.29 is 4.42 Å². The Morgan fingerprint density at radius 3 is 3.00 bits per heavy atom. The van der Waals surface area contributed by atoms with E-state index in [1.807, 2.05) is 0 Å². The number of aromatic nitrogens is 1. The van der Waals surface area contributed by atoms with Gasteiger partial charge in [-0.3, -0.25) is 0 Å². The maximum Gasteiger partial charge on any atom is 0.181 e. The van der Waals surface area contributed by atoms with E-state index < -0.39 is 0 Å². The van der Waals surface area contributed by atoms with Gasteiger partial charge < -0.3 is 9.73 Å². The van der Waals surface area contributed by atoms with Gasteiger partial charge >= 0.3 is 0 Å². The zero-order valence-corrected chi connectivity index (χ0v) is 11.3. The molecule has 3 heteroatoms. The molecule has 1 aromatic heterocycles. The maximum absolute atomic E-state index is 5.66. The normalized spacial score (nSPS) is 23.1. The Balaban J connectivity index is 2.08. The van der Waals surface area contributed by atoms with Crippen LogP contribution in [0.4, 0.5) is 0 Å². The first-order valence-electron chi connectivity index (χ1n) is 6.78. The summed E-state index contributed by atoms with van der Waals surface area (Å²) >= 11 is 0. The van der Waals surface area contributed by atoms with Crippen LogP contribution in [0.5, 0.6) is 0 Å². The summed E-state index contributed by atoms with van der Waals surface area (Å²) in [4.78, 5) is 4.37. The van der Waals surface area contributed by atoms with E-state index in [0.29, 0.717) is 11.3 Å². The van der Waals surface area contributed by atoms with Crippen LogP contribution in [0.3, 0.4) is 0 Å². The standard InChI is InChI=1S/C14H24N2O/c1-4-8-15-9-12-13(17-10-16-12)11-6-5-7-14(11,2)3/h10-11,15H,4-9H2,1-3H3. The molecule has 1 fully saturated rings. The molecule has 0 aromatic carbocycles. The van der Waals surface area contributed by atoms with E-state index in [2.05, 4.69) is 31.1 Å². The Bertz CT molecular complexity index is 357. The molecule has 17 heavy (non-hydrogen) atoms. The lowest BCUT2D eigenvalue weighted by molar-refractivity contribution is 0.291. The van der Waals surface area contributed by atoms with Crippen LogP contribution in [0.25, 0.3) is 0 Å². The van der Waals surface area contributed by atoms with Gasteiger partial charge in [-0.05, 0) is 31.2 Å². The van der Waals surface area contributed by atoms with Crippen molar-refractivity contribution in [1.29, 1.82) is 0 Å². The number of oxazole rings is 1. The fourth-order valence-corrected chi connectivity index (χ4v) is 2.89. The molecule has 1 aliphatic carbocycles. The molecule has 0 amide bonds. The number of hydrogen-bond acceptors (Lipinski definition) is 3. The van der Waals surface area contributed by atoms with E-state index in [0.717, 1.165) is 31.0 Å². The zero-order valence-electron chi connectivity index (χ0n) is 11.3. The van der Waals surface area contributed by atoms with Gasteiger partial charge in [0.15, 0.2) is 6.39 Å². The molecule has 1 aromatic rings. The van der Waals surface area contributed by atoms with Crippen LogP contribution in [0, 0.1) is 5.41 Å². The van der Waals surface area contributed by atoms with Gasteiger partial charge in [0.25, 0.3) is 0 Å². The highest BCUT2D eigenvalue weighted by molar-refractivity contribution is 5.17. The Labute approximate surface area is 104 Å². The quantitative estimate of drug-likeness (QED) is 0.795. The molecule has 1 saturated carbocycles. The fourth-order valence-electron chi connectivity index (χ4n) is 2.89.